The molecule has 8 nitrogen and oxygen atoms in total. The minimum absolute atomic E-state index is 0.116. The minimum atomic E-state index is -0.116. The molecule has 0 spiro atoms. The van der Waals surface area contributed by atoms with Crippen molar-refractivity contribution >= 4 is 29.3 Å². The van der Waals surface area contributed by atoms with Crippen LogP contribution < -0.4 is 9.80 Å². The lowest BCUT2D eigenvalue weighted by atomic mass is 10.2. The van der Waals surface area contributed by atoms with E-state index >= 15 is 0 Å². The van der Waals surface area contributed by atoms with E-state index in [0.29, 0.717) is 18.1 Å². The molecule has 2 aromatic heterocycles. The van der Waals surface area contributed by atoms with E-state index in [-0.39, 0.29) is 11.9 Å². The number of piperazine rings is 2. The molecular formula is C20H26ClN7O. The van der Waals surface area contributed by atoms with Crippen molar-refractivity contribution in [3.05, 3.63) is 41.8 Å². The van der Waals surface area contributed by atoms with Gasteiger partial charge in [0, 0.05) is 70.9 Å². The maximum Gasteiger partial charge on any atom is 0.239 e. The Balaban J connectivity index is 1.27. The lowest BCUT2D eigenvalue weighted by Crippen LogP contribution is -2.57. The SMILES string of the molecule is CC(C(=O)N1CCN(c2ncccn2)CC1)N1CCN(c2ccc(Cl)cn2)CC1. The molecule has 0 bridgehead atoms. The summed E-state index contributed by atoms with van der Waals surface area (Å²) in [6.07, 6.45) is 5.18. The summed E-state index contributed by atoms with van der Waals surface area (Å²) in [6, 6.07) is 5.51. The van der Waals surface area contributed by atoms with Gasteiger partial charge in [0.15, 0.2) is 0 Å². The van der Waals surface area contributed by atoms with E-state index in [0.717, 1.165) is 51.0 Å². The van der Waals surface area contributed by atoms with Gasteiger partial charge in [-0.15, -0.1) is 0 Å². The summed E-state index contributed by atoms with van der Waals surface area (Å²) >= 11 is 5.93. The van der Waals surface area contributed by atoms with Crippen molar-refractivity contribution in [3.8, 4) is 0 Å². The molecule has 2 aromatic rings. The zero-order chi connectivity index (χ0) is 20.2. The predicted molar refractivity (Wildman–Crippen MR) is 113 cm³/mol. The fourth-order valence-corrected chi connectivity index (χ4v) is 4.01. The van der Waals surface area contributed by atoms with Crippen molar-refractivity contribution in [2.24, 2.45) is 0 Å². The van der Waals surface area contributed by atoms with Crippen LogP contribution in [0.25, 0.3) is 0 Å². The molecule has 1 atom stereocenters. The van der Waals surface area contributed by atoms with Gasteiger partial charge in [0.25, 0.3) is 0 Å². The topological polar surface area (TPSA) is 68.7 Å². The standard InChI is InChI=1S/C20H26ClN7O/c1-16(25-7-9-26(10-8-25)18-4-3-17(21)15-24-18)19(29)27-11-13-28(14-12-27)20-22-5-2-6-23-20/h2-6,15-16H,7-14H2,1H3. The van der Waals surface area contributed by atoms with Crippen LogP contribution in [0.5, 0.6) is 0 Å². The normalized spacial score (nSPS) is 19.3. The van der Waals surface area contributed by atoms with Crippen LogP contribution in [0.2, 0.25) is 5.02 Å². The Hall–Kier alpha value is -2.45. The van der Waals surface area contributed by atoms with Crippen LogP contribution in [-0.4, -0.2) is 89.1 Å². The van der Waals surface area contributed by atoms with Crippen molar-refractivity contribution in [2.45, 2.75) is 13.0 Å². The second-order valence-electron chi connectivity index (χ2n) is 7.39. The van der Waals surface area contributed by atoms with Gasteiger partial charge in [-0.05, 0) is 25.1 Å². The lowest BCUT2D eigenvalue weighted by molar-refractivity contribution is -0.136. The molecule has 0 radical (unpaired) electrons. The number of nitrogens with zero attached hydrogens (tertiary/aromatic N) is 7. The van der Waals surface area contributed by atoms with Crippen LogP contribution in [-0.2, 0) is 4.79 Å². The van der Waals surface area contributed by atoms with Crippen LogP contribution in [0.3, 0.4) is 0 Å². The highest BCUT2D eigenvalue weighted by molar-refractivity contribution is 6.30. The molecule has 1 amide bonds. The number of hydrogen-bond donors (Lipinski definition) is 0. The van der Waals surface area contributed by atoms with Crippen molar-refractivity contribution in [3.63, 3.8) is 0 Å². The summed E-state index contributed by atoms with van der Waals surface area (Å²) in [5.74, 6) is 1.88. The van der Waals surface area contributed by atoms with E-state index in [1.807, 2.05) is 30.0 Å². The van der Waals surface area contributed by atoms with Crippen molar-refractivity contribution in [1.82, 2.24) is 24.8 Å². The quantitative estimate of drug-likeness (QED) is 0.747. The van der Waals surface area contributed by atoms with E-state index < -0.39 is 0 Å². The molecule has 154 valence electrons. The molecule has 0 aromatic carbocycles. The van der Waals surface area contributed by atoms with Gasteiger partial charge in [-0.2, -0.15) is 0 Å². The molecule has 2 saturated heterocycles. The van der Waals surface area contributed by atoms with Gasteiger partial charge in [0.1, 0.15) is 5.82 Å². The number of hydrogen-bond acceptors (Lipinski definition) is 7. The third-order valence-corrected chi connectivity index (χ3v) is 5.91. The molecule has 0 saturated carbocycles. The Kier molecular flexibility index (Phi) is 6.10. The highest BCUT2D eigenvalue weighted by Gasteiger charge is 2.31. The number of aromatic nitrogens is 3. The smallest absolute Gasteiger partial charge is 0.239 e. The summed E-state index contributed by atoms with van der Waals surface area (Å²) in [7, 11) is 0. The molecule has 0 aliphatic carbocycles. The summed E-state index contributed by atoms with van der Waals surface area (Å²) in [6.45, 7) is 8.34. The third kappa shape index (κ3) is 4.59. The van der Waals surface area contributed by atoms with Crippen molar-refractivity contribution < 1.29 is 4.79 Å². The van der Waals surface area contributed by atoms with Gasteiger partial charge in [-0.1, -0.05) is 11.6 Å². The predicted octanol–water partition coefficient (Wildman–Crippen LogP) is 1.38. The average molecular weight is 416 g/mol. The second-order valence-corrected chi connectivity index (χ2v) is 7.83. The molecule has 4 heterocycles. The minimum Gasteiger partial charge on any atom is -0.354 e. The number of amides is 1. The first kappa shape index (κ1) is 19.8. The van der Waals surface area contributed by atoms with Gasteiger partial charge in [-0.25, -0.2) is 15.0 Å². The van der Waals surface area contributed by atoms with E-state index in [4.69, 9.17) is 11.6 Å². The number of carbonyl (C=O) groups is 1. The molecular weight excluding hydrogens is 390 g/mol. The first-order valence-corrected chi connectivity index (χ1v) is 10.4. The maximum atomic E-state index is 13.0. The largest absolute Gasteiger partial charge is 0.354 e. The van der Waals surface area contributed by atoms with E-state index in [2.05, 4.69) is 29.7 Å². The third-order valence-electron chi connectivity index (χ3n) is 5.68. The van der Waals surface area contributed by atoms with Crippen LogP contribution in [0, 0.1) is 0 Å². The zero-order valence-corrected chi connectivity index (χ0v) is 17.4. The summed E-state index contributed by atoms with van der Waals surface area (Å²) in [5.41, 5.74) is 0. The van der Waals surface area contributed by atoms with Crippen molar-refractivity contribution in [1.29, 1.82) is 0 Å². The summed E-state index contributed by atoms with van der Waals surface area (Å²) in [5, 5.41) is 0.644. The molecule has 2 aliphatic heterocycles. The first-order valence-electron chi connectivity index (χ1n) is 10.0. The van der Waals surface area contributed by atoms with Crippen LogP contribution in [0.4, 0.5) is 11.8 Å². The monoisotopic (exact) mass is 415 g/mol. The number of carbonyl (C=O) groups excluding carboxylic acids is 1. The van der Waals surface area contributed by atoms with Gasteiger partial charge in [0.05, 0.1) is 11.1 Å². The van der Waals surface area contributed by atoms with Gasteiger partial charge >= 0.3 is 0 Å². The Morgan fingerprint density at radius 2 is 1.59 bits per heavy atom. The summed E-state index contributed by atoms with van der Waals surface area (Å²) in [4.78, 5) is 34.6. The van der Waals surface area contributed by atoms with E-state index in [1.165, 1.54) is 0 Å². The number of halogens is 1. The molecule has 4 rings (SSSR count). The number of rotatable bonds is 4. The molecule has 2 aliphatic rings. The van der Waals surface area contributed by atoms with Crippen LogP contribution in [0.15, 0.2) is 36.8 Å². The fraction of sp³-hybridized carbons (Fsp3) is 0.500. The van der Waals surface area contributed by atoms with Gasteiger partial charge in [0.2, 0.25) is 11.9 Å². The second kappa shape index (κ2) is 8.92. The lowest BCUT2D eigenvalue weighted by Gasteiger charge is -2.41. The average Bonchev–Trinajstić information content (AvgIpc) is 2.79. The fourth-order valence-electron chi connectivity index (χ4n) is 3.90. The van der Waals surface area contributed by atoms with Gasteiger partial charge in [-0.3, -0.25) is 9.69 Å². The Morgan fingerprint density at radius 3 is 2.21 bits per heavy atom. The molecule has 29 heavy (non-hydrogen) atoms. The Morgan fingerprint density at radius 1 is 0.931 bits per heavy atom. The molecule has 2 fully saturated rings. The zero-order valence-electron chi connectivity index (χ0n) is 16.6. The molecule has 9 heteroatoms. The first-order chi connectivity index (χ1) is 14.1. The molecule has 1 unspecified atom stereocenters. The van der Waals surface area contributed by atoms with E-state index in [9.17, 15) is 4.79 Å². The molecule has 0 N–H and O–H groups in total. The summed E-state index contributed by atoms with van der Waals surface area (Å²) < 4.78 is 0. The highest BCUT2D eigenvalue weighted by atomic mass is 35.5. The number of pyridine rings is 1. The number of anilines is 2. The maximum absolute atomic E-state index is 13.0. The Labute approximate surface area is 176 Å². The van der Waals surface area contributed by atoms with Crippen molar-refractivity contribution in [2.75, 3.05) is 62.2 Å². The van der Waals surface area contributed by atoms with Gasteiger partial charge < -0.3 is 14.7 Å². The van der Waals surface area contributed by atoms with E-state index in [1.54, 1.807) is 18.6 Å². The van der Waals surface area contributed by atoms with Crippen LogP contribution in [0.1, 0.15) is 6.92 Å². The van der Waals surface area contributed by atoms with Crippen LogP contribution >= 0.6 is 11.6 Å². The highest BCUT2D eigenvalue weighted by Crippen LogP contribution is 2.18. The Bertz CT molecular complexity index is 803.